The number of hydrogen-bond acceptors (Lipinski definition) is 4. The molecule has 2 N–H and O–H groups in total. The highest BCUT2D eigenvalue weighted by atomic mass is 15.3. The van der Waals surface area contributed by atoms with Gasteiger partial charge in [-0.2, -0.15) is 0 Å². The Balaban J connectivity index is 2.27. The van der Waals surface area contributed by atoms with E-state index >= 15 is 0 Å². The zero-order valence-electron chi connectivity index (χ0n) is 11.7. The van der Waals surface area contributed by atoms with Crippen molar-refractivity contribution in [1.82, 2.24) is 9.88 Å². The Morgan fingerprint density at radius 1 is 1.50 bits per heavy atom. The molecule has 0 aromatic carbocycles. The van der Waals surface area contributed by atoms with Gasteiger partial charge in [0.25, 0.3) is 0 Å². The lowest BCUT2D eigenvalue weighted by Gasteiger charge is -2.30. The average molecular weight is 248 g/mol. The van der Waals surface area contributed by atoms with Crippen molar-refractivity contribution in [3.63, 3.8) is 0 Å². The summed E-state index contributed by atoms with van der Waals surface area (Å²) in [6.07, 6.45) is 4.39. The van der Waals surface area contributed by atoms with Crippen molar-refractivity contribution in [3.05, 3.63) is 23.4 Å². The topological polar surface area (TPSA) is 45.4 Å². The quantitative estimate of drug-likeness (QED) is 0.874. The van der Waals surface area contributed by atoms with Crippen LogP contribution in [0.4, 0.5) is 5.82 Å². The second-order valence-corrected chi connectivity index (χ2v) is 5.39. The van der Waals surface area contributed by atoms with Gasteiger partial charge in [-0.1, -0.05) is 0 Å². The Labute approximate surface area is 110 Å². The molecular formula is C14H24N4. The molecule has 0 bridgehead atoms. The van der Waals surface area contributed by atoms with Gasteiger partial charge in [-0.25, -0.2) is 4.98 Å². The molecule has 1 aromatic heterocycles. The fourth-order valence-corrected chi connectivity index (χ4v) is 2.80. The van der Waals surface area contributed by atoms with Gasteiger partial charge in [-0.15, -0.1) is 0 Å². The van der Waals surface area contributed by atoms with Gasteiger partial charge in [0.1, 0.15) is 5.82 Å². The summed E-state index contributed by atoms with van der Waals surface area (Å²) in [4.78, 5) is 9.27. The standard InChI is InChI=1S/C14H24N4/c1-11-6-7-16-14(13(11)9-15)18-8-4-5-12(18)10-17(2)3/h6-7,12H,4-5,8-10,15H2,1-3H3. The Morgan fingerprint density at radius 3 is 2.94 bits per heavy atom. The SMILES string of the molecule is Cc1ccnc(N2CCCC2CN(C)C)c1CN. The minimum absolute atomic E-state index is 0.569. The normalized spacial score (nSPS) is 19.8. The number of likely N-dealkylation sites (N-methyl/N-ethyl adjacent to an activating group) is 1. The van der Waals surface area contributed by atoms with Crippen molar-refractivity contribution in [2.24, 2.45) is 5.73 Å². The van der Waals surface area contributed by atoms with Crippen LogP contribution in [0.15, 0.2) is 12.3 Å². The number of aromatic nitrogens is 1. The molecule has 2 heterocycles. The van der Waals surface area contributed by atoms with E-state index in [9.17, 15) is 0 Å². The first-order valence-corrected chi connectivity index (χ1v) is 6.69. The van der Waals surface area contributed by atoms with E-state index in [1.54, 1.807) is 0 Å². The fraction of sp³-hybridized carbons (Fsp3) is 0.643. The monoisotopic (exact) mass is 248 g/mol. The number of rotatable bonds is 4. The molecule has 1 atom stereocenters. The Kier molecular flexibility index (Phi) is 4.19. The van der Waals surface area contributed by atoms with Gasteiger partial charge in [0.15, 0.2) is 0 Å². The molecule has 0 spiro atoms. The van der Waals surface area contributed by atoms with Crippen LogP contribution in [0.1, 0.15) is 24.0 Å². The van der Waals surface area contributed by atoms with E-state index in [4.69, 9.17) is 5.73 Å². The molecule has 2 rings (SSSR count). The van der Waals surface area contributed by atoms with E-state index in [1.165, 1.54) is 24.0 Å². The summed E-state index contributed by atoms with van der Waals surface area (Å²) in [5, 5.41) is 0. The predicted octanol–water partition coefficient (Wildman–Crippen LogP) is 1.38. The van der Waals surface area contributed by atoms with Crippen molar-refractivity contribution in [1.29, 1.82) is 0 Å². The zero-order chi connectivity index (χ0) is 13.1. The van der Waals surface area contributed by atoms with E-state index in [0.717, 1.165) is 18.9 Å². The Morgan fingerprint density at radius 2 is 2.28 bits per heavy atom. The van der Waals surface area contributed by atoms with Crippen LogP contribution in [0.25, 0.3) is 0 Å². The highest BCUT2D eigenvalue weighted by Crippen LogP contribution is 2.28. The maximum Gasteiger partial charge on any atom is 0.133 e. The minimum atomic E-state index is 0.569. The van der Waals surface area contributed by atoms with Crippen molar-refractivity contribution in [3.8, 4) is 0 Å². The van der Waals surface area contributed by atoms with Gasteiger partial charge in [-0.05, 0) is 45.5 Å². The average Bonchev–Trinajstić information content (AvgIpc) is 2.75. The van der Waals surface area contributed by atoms with Crippen LogP contribution < -0.4 is 10.6 Å². The van der Waals surface area contributed by atoms with Gasteiger partial charge < -0.3 is 15.5 Å². The largest absolute Gasteiger partial charge is 0.352 e. The fourth-order valence-electron chi connectivity index (χ4n) is 2.80. The van der Waals surface area contributed by atoms with Crippen LogP contribution in [0, 0.1) is 6.92 Å². The number of hydrogen-bond donors (Lipinski definition) is 1. The molecule has 0 amide bonds. The number of aryl methyl sites for hydroxylation is 1. The lowest BCUT2D eigenvalue weighted by atomic mass is 10.1. The van der Waals surface area contributed by atoms with E-state index in [2.05, 4.69) is 35.8 Å². The second-order valence-electron chi connectivity index (χ2n) is 5.39. The van der Waals surface area contributed by atoms with Crippen molar-refractivity contribution in [2.45, 2.75) is 32.4 Å². The molecule has 1 saturated heterocycles. The van der Waals surface area contributed by atoms with Gasteiger partial charge in [0.2, 0.25) is 0 Å². The van der Waals surface area contributed by atoms with E-state index in [-0.39, 0.29) is 0 Å². The molecule has 4 nitrogen and oxygen atoms in total. The van der Waals surface area contributed by atoms with Crippen LogP contribution >= 0.6 is 0 Å². The van der Waals surface area contributed by atoms with E-state index in [0.29, 0.717) is 12.6 Å². The minimum Gasteiger partial charge on any atom is -0.352 e. The highest BCUT2D eigenvalue weighted by molar-refractivity contribution is 5.52. The lowest BCUT2D eigenvalue weighted by Crippen LogP contribution is -2.38. The lowest BCUT2D eigenvalue weighted by molar-refractivity contribution is 0.371. The molecule has 1 aliphatic rings. The van der Waals surface area contributed by atoms with Crippen molar-refractivity contribution >= 4 is 5.82 Å². The summed E-state index contributed by atoms with van der Waals surface area (Å²) in [6, 6.07) is 2.61. The van der Waals surface area contributed by atoms with Gasteiger partial charge in [0.05, 0.1) is 0 Å². The Hall–Kier alpha value is -1.13. The summed E-state index contributed by atoms with van der Waals surface area (Å²) in [5.74, 6) is 1.10. The molecule has 0 aliphatic carbocycles. The highest BCUT2D eigenvalue weighted by Gasteiger charge is 2.27. The third-order valence-electron chi connectivity index (χ3n) is 3.70. The number of nitrogens with zero attached hydrogens (tertiary/aromatic N) is 3. The molecule has 1 unspecified atom stereocenters. The number of nitrogens with two attached hydrogens (primary N) is 1. The molecule has 1 aromatic rings. The smallest absolute Gasteiger partial charge is 0.133 e. The van der Waals surface area contributed by atoms with Gasteiger partial charge in [0, 0.05) is 37.4 Å². The summed E-state index contributed by atoms with van der Waals surface area (Å²) < 4.78 is 0. The first-order valence-electron chi connectivity index (χ1n) is 6.69. The molecular weight excluding hydrogens is 224 g/mol. The first-order chi connectivity index (χ1) is 8.63. The number of pyridine rings is 1. The third-order valence-corrected chi connectivity index (χ3v) is 3.70. The molecule has 1 fully saturated rings. The number of anilines is 1. The molecule has 0 saturated carbocycles. The summed E-state index contributed by atoms with van der Waals surface area (Å²) in [7, 11) is 4.26. The van der Waals surface area contributed by atoms with Gasteiger partial charge in [-0.3, -0.25) is 0 Å². The molecule has 18 heavy (non-hydrogen) atoms. The molecule has 100 valence electrons. The summed E-state index contributed by atoms with van der Waals surface area (Å²) in [6.45, 7) is 4.87. The zero-order valence-corrected chi connectivity index (χ0v) is 11.7. The van der Waals surface area contributed by atoms with Crippen LogP contribution in [0.5, 0.6) is 0 Å². The molecule has 4 heteroatoms. The van der Waals surface area contributed by atoms with Crippen molar-refractivity contribution < 1.29 is 0 Å². The van der Waals surface area contributed by atoms with Crippen LogP contribution in [0.3, 0.4) is 0 Å². The predicted molar refractivity (Wildman–Crippen MR) is 75.8 cm³/mol. The van der Waals surface area contributed by atoms with Gasteiger partial charge >= 0.3 is 0 Å². The maximum atomic E-state index is 5.89. The van der Waals surface area contributed by atoms with Crippen LogP contribution in [-0.4, -0.2) is 43.1 Å². The molecule has 1 aliphatic heterocycles. The third kappa shape index (κ3) is 2.65. The maximum absolute atomic E-state index is 5.89. The first kappa shape index (κ1) is 13.3. The Bertz CT molecular complexity index is 403. The summed E-state index contributed by atoms with van der Waals surface area (Å²) in [5.41, 5.74) is 8.33. The van der Waals surface area contributed by atoms with Crippen LogP contribution in [0.2, 0.25) is 0 Å². The van der Waals surface area contributed by atoms with Crippen LogP contribution in [-0.2, 0) is 6.54 Å². The second kappa shape index (κ2) is 5.67. The molecule has 0 radical (unpaired) electrons. The summed E-state index contributed by atoms with van der Waals surface area (Å²) >= 11 is 0. The van der Waals surface area contributed by atoms with E-state index in [1.807, 2.05) is 12.3 Å². The van der Waals surface area contributed by atoms with E-state index < -0.39 is 0 Å². The van der Waals surface area contributed by atoms with Crippen molar-refractivity contribution in [2.75, 3.05) is 32.1 Å².